The van der Waals surface area contributed by atoms with E-state index in [1.807, 2.05) is 0 Å². The minimum atomic E-state index is -0.217. The molecule has 0 spiro atoms. The highest BCUT2D eigenvalue weighted by atomic mass is 35.5. The number of carbonyl (C=O) groups excluding carboxylic acids is 1. The van der Waals surface area contributed by atoms with Crippen LogP contribution in [-0.2, 0) is 0 Å². The van der Waals surface area contributed by atoms with Crippen molar-refractivity contribution in [3.05, 3.63) is 23.2 Å². The van der Waals surface area contributed by atoms with Gasteiger partial charge in [0.05, 0.1) is 12.4 Å². The van der Waals surface area contributed by atoms with Gasteiger partial charge in [0.1, 0.15) is 10.8 Å². The standard InChI is InChI=1S/C15H23ClN4O/c1-20(12-6-3-2-4-7-12)9-5-8-18-15(21)13-10-17-11-14(16)19-13/h10-12H,2-9H2,1H3,(H,18,21). The minimum Gasteiger partial charge on any atom is -0.351 e. The van der Waals surface area contributed by atoms with Crippen molar-refractivity contribution in [1.29, 1.82) is 0 Å². The summed E-state index contributed by atoms with van der Waals surface area (Å²) >= 11 is 5.72. The van der Waals surface area contributed by atoms with Gasteiger partial charge in [0.15, 0.2) is 0 Å². The van der Waals surface area contributed by atoms with Gasteiger partial charge in [-0.2, -0.15) is 0 Å². The molecule has 1 heterocycles. The molecule has 0 bridgehead atoms. The molecule has 1 aromatic rings. The summed E-state index contributed by atoms with van der Waals surface area (Å²) in [4.78, 5) is 22.1. The lowest BCUT2D eigenvalue weighted by Crippen LogP contribution is -2.36. The first-order chi connectivity index (χ1) is 10.2. The number of hydrogen-bond donors (Lipinski definition) is 1. The van der Waals surface area contributed by atoms with Gasteiger partial charge < -0.3 is 10.2 Å². The molecule has 5 nitrogen and oxygen atoms in total. The highest BCUT2D eigenvalue weighted by Crippen LogP contribution is 2.21. The van der Waals surface area contributed by atoms with Crippen molar-refractivity contribution in [2.75, 3.05) is 20.1 Å². The number of rotatable bonds is 6. The summed E-state index contributed by atoms with van der Waals surface area (Å²) in [5.74, 6) is -0.217. The maximum absolute atomic E-state index is 11.9. The topological polar surface area (TPSA) is 58.1 Å². The number of nitrogens with one attached hydrogen (secondary N) is 1. The van der Waals surface area contributed by atoms with E-state index >= 15 is 0 Å². The van der Waals surface area contributed by atoms with Crippen LogP contribution in [0.4, 0.5) is 0 Å². The fourth-order valence-corrected chi connectivity index (χ4v) is 2.92. The molecule has 1 amide bonds. The molecule has 0 radical (unpaired) electrons. The monoisotopic (exact) mass is 310 g/mol. The zero-order chi connectivity index (χ0) is 15.1. The van der Waals surface area contributed by atoms with Gasteiger partial charge in [0, 0.05) is 12.6 Å². The minimum absolute atomic E-state index is 0.217. The van der Waals surface area contributed by atoms with Crippen molar-refractivity contribution in [1.82, 2.24) is 20.2 Å². The third kappa shape index (κ3) is 5.25. The van der Waals surface area contributed by atoms with Crippen LogP contribution < -0.4 is 5.32 Å². The first kappa shape index (κ1) is 16.2. The maximum Gasteiger partial charge on any atom is 0.271 e. The van der Waals surface area contributed by atoms with Crippen molar-refractivity contribution in [2.45, 2.75) is 44.6 Å². The fourth-order valence-electron chi connectivity index (χ4n) is 2.78. The predicted octanol–water partition coefficient (Wildman–Crippen LogP) is 2.51. The molecule has 0 aromatic carbocycles. The van der Waals surface area contributed by atoms with Crippen LogP contribution in [0.2, 0.25) is 5.15 Å². The van der Waals surface area contributed by atoms with Crippen molar-refractivity contribution in [3.63, 3.8) is 0 Å². The van der Waals surface area contributed by atoms with Crippen molar-refractivity contribution >= 4 is 17.5 Å². The van der Waals surface area contributed by atoms with Gasteiger partial charge in [-0.25, -0.2) is 4.98 Å². The Morgan fingerprint density at radius 1 is 1.38 bits per heavy atom. The molecule has 0 unspecified atom stereocenters. The van der Waals surface area contributed by atoms with E-state index in [0.717, 1.165) is 13.0 Å². The Hall–Kier alpha value is -1.20. The van der Waals surface area contributed by atoms with E-state index in [9.17, 15) is 4.79 Å². The number of amides is 1. The van der Waals surface area contributed by atoms with Crippen LogP contribution >= 0.6 is 11.6 Å². The first-order valence-electron chi connectivity index (χ1n) is 7.63. The van der Waals surface area contributed by atoms with Crippen molar-refractivity contribution in [3.8, 4) is 0 Å². The molecule has 21 heavy (non-hydrogen) atoms. The molecule has 1 N–H and O–H groups in total. The lowest BCUT2D eigenvalue weighted by atomic mass is 9.94. The molecule has 1 fully saturated rings. The lowest BCUT2D eigenvalue weighted by Gasteiger charge is -2.31. The van der Waals surface area contributed by atoms with E-state index in [-0.39, 0.29) is 16.8 Å². The van der Waals surface area contributed by atoms with Gasteiger partial charge in [-0.3, -0.25) is 9.78 Å². The van der Waals surface area contributed by atoms with Crippen LogP contribution in [0.25, 0.3) is 0 Å². The van der Waals surface area contributed by atoms with Crippen LogP contribution in [0, 0.1) is 0 Å². The smallest absolute Gasteiger partial charge is 0.271 e. The summed E-state index contributed by atoms with van der Waals surface area (Å²) in [6, 6.07) is 0.716. The largest absolute Gasteiger partial charge is 0.351 e. The van der Waals surface area contributed by atoms with E-state index in [1.54, 1.807) is 0 Å². The molecule has 1 aliphatic carbocycles. The number of hydrogen-bond acceptors (Lipinski definition) is 4. The Morgan fingerprint density at radius 3 is 2.86 bits per heavy atom. The SMILES string of the molecule is CN(CCCNC(=O)c1cncc(Cl)n1)C1CCCCC1. The molecule has 0 atom stereocenters. The number of nitrogens with zero attached hydrogens (tertiary/aromatic N) is 3. The molecule has 1 saturated carbocycles. The van der Waals surface area contributed by atoms with Gasteiger partial charge >= 0.3 is 0 Å². The zero-order valence-corrected chi connectivity index (χ0v) is 13.3. The normalized spacial score (nSPS) is 16.1. The molecule has 1 aliphatic rings. The summed E-state index contributed by atoms with van der Waals surface area (Å²) in [5, 5.41) is 3.09. The average molecular weight is 311 g/mol. The molecule has 0 aliphatic heterocycles. The van der Waals surface area contributed by atoms with Crippen molar-refractivity contribution < 1.29 is 4.79 Å². The van der Waals surface area contributed by atoms with Gasteiger partial charge in [-0.05, 0) is 32.9 Å². The Balaban J connectivity index is 1.66. The highest BCUT2D eigenvalue weighted by molar-refractivity contribution is 6.29. The van der Waals surface area contributed by atoms with Crippen LogP contribution in [0.15, 0.2) is 12.4 Å². The van der Waals surface area contributed by atoms with E-state index in [1.165, 1.54) is 44.5 Å². The second-order valence-electron chi connectivity index (χ2n) is 5.61. The quantitative estimate of drug-likeness (QED) is 0.820. The van der Waals surface area contributed by atoms with E-state index in [2.05, 4.69) is 27.2 Å². The van der Waals surface area contributed by atoms with Crippen LogP contribution in [0.1, 0.15) is 49.0 Å². The second-order valence-corrected chi connectivity index (χ2v) is 6.00. The van der Waals surface area contributed by atoms with E-state index in [0.29, 0.717) is 12.6 Å². The predicted molar refractivity (Wildman–Crippen MR) is 83.5 cm³/mol. The maximum atomic E-state index is 11.9. The zero-order valence-electron chi connectivity index (χ0n) is 12.5. The first-order valence-corrected chi connectivity index (χ1v) is 8.00. The summed E-state index contributed by atoms with van der Waals surface area (Å²) < 4.78 is 0. The molecule has 116 valence electrons. The fraction of sp³-hybridized carbons (Fsp3) is 0.667. The summed E-state index contributed by atoms with van der Waals surface area (Å²) in [6.07, 6.45) is 10.5. The van der Waals surface area contributed by atoms with E-state index < -0.39 is 0 Å². The molecule has 0 saturated heterocycles. The van der Waals surface area contributed by atoms with E-state index in [4.69, 9.17) is 11.6 Å². The Bertz CT molecular complexity index is 463. The van der Waals surface area contributed by atoms with Crippen LogP contribution in [-0.4, -0.2) is 47.0 Å². The van der Waals surface area contributed by atoms with Gasteiger partial charge in [-0.15, -0.1) is 0 Å². The summed E-state index contributed by atoms with van der Waals surface area (Å²) in [6.45, 7) is 1.65. The van der Waals surface area contributed by atoms with Gasteiger partial charge in [0.2, 0.25) is 0 Å². The number of carbonyl (C=O) groups is 1. The average Bonchev–Trinajstić information content (AvgIpc) is 2.52. The Kier molecular flexibility index (Phi) is 6.39. The van der Waals surface area contributed by atoms with Gasteiger partial charge in [0.25, 0.3) is 5.91 Å². The highest BCUT2D eigenvalue weighted by Gasteiger charge is 2.17. The van der Waals surface area contributed by atoms with Crippen LogP contribution in [0.5, 0.6) is 0 Å². The lowest BCUT2D eigenvalue weighted by molar-refractivity contribution is 0.0945. The summed E-state index contributed by atoms with van der Waals surface area (Å²) in [5.41, 5.74) is 0.267. The third-order valence-corrected chi connectivity index (χ3v) is 4.19. The molecular formula is C15H23ClN4O. The molecular weight excluding hydrogens is 288 g/mol. The van der Waals surface area contributed by atoms with Crippen LogP contribution in [0.3, 0.4) is 0 Å². The summed E-state index contributed by atoms with van der Waals surface area (Å²) in [7, 11) is 2.18. The van der Waals surface area contributed by atoms with Gasteiger partial charge in [-0.1, -0.05) is 30.9 Å². The Labute approximate surface area is 131 Å². The second kappa shape index (κ2) is 8.29. The Morgan fingerprint density at radius 2 is 2.14 bits per heavy atom. The molecule has 1 aromatic heterocycles. The molecule has 2 rings (SSSR count). The third-order valence-electron chi connectivity index (χ3n) is 4.01. The number of aromatic nitrogens is 2. The van der Waals surface area contributed by atoms with Crippen molar-refractivity contribution in [2.24, 2.45) is 0 Å². The molecule has 6 heteroatoms. The number of halogens is 1.